The lowest BCUT2D eigenvalue weighted by atomic mass is 10.3. The quantitative estimate of drug-likeness (QED) is 0.920. The van der Waals surface area contributed by atoms with Crippen molar-refractivity contribution in [3.8, 4) is 0 Å². The zero-order valence-electron chi connectivity index (χ0n) is 12.2. The summed E-state index contributed by atoms with van der Waals surface area (Å²) in [6.07, 6.45) is 1.63. The van der Waals surface area contributed by atoms with Crippen molar-refractivity contribution in [2.75, 3.05) is 18.4 Å². The number of hydrogen-bond donors (Lipinski definition) is 1. The Morgan fingerprint density at radius 1 is 1.33 bits per heavy atom. The molecular weight excluding hydrogens is 290 g/mol. The average Bonchev–Trinajstić information content (AvgIpc) is 2.85. The second kappa shape index (κ2) is 6.26. The van der Waals surface area contributed by atoms with Crippen molar-refractivity contribution in [1.82, 2.24) is 4.90 Å². The van der Waals surface area contributed by atoms with Gasteiger partial charge in [-0.05, 0) is 37.6 Å². The first-order valence-electron chi connectivity index (χ1n) is 6.89. The molecule has 1 saturated heterocycles. The molecule has 6 nitrogen and oxygen atoms in total. The minimum Gasteiger partial charge on any atom is -0.360 e. The Kier molecular flexibility index (Phi) is 4.62. The fourth-order valence-electron chi connectivity index (χ4n) is 2.26. The number of amides is 1. The summed E-state index contributed by atoms with van der Waals surface area (Å²) in [5.74, 6) is 0.429. The Hall–Kier alpha value is -1.89. The molecule has 1 fully saturated rings. The largest absolute Gasteiger partial charge is 0.360 e. The monoisotopic (exact) mass is 309 g/mol. The number of rotatable bonds is 4. The molecule has 0 bridgehead atoms. The molecule has 1 amide bonds. The van der Waals surface area contributed by atoms with Gasteiger partial charge in [0.25, 0.3) is 10.0 Å². The number of amidine groups is 1. The van der Waals surface area contributed by atoms with Crippen LogP contribution in [-0.4, -0.2) is 38.2 Å². The summed E-state index contributed by atoms with van der Waals surface area (Å²) in [6, 6.07) is 6.02. The van der Waals surface area contributed by atoms with E-state index in [0.717, 1.165) is 19.5 Å². The fraction of sp³-hybridized carbons (Fsp3) is 0.429. The molecule has 7 heteroatoms. The van der Waals surface area contributed by atoms with Crippen LogP contribution in [-0.2, 0) is 14.8 Å². The van der Waals surface area contributed by atoms with Gasteiger partial charge in [0.2, 0.25) is 5.91 Å². The standard InChI is InChI=1S/C14H19N3O3S/c1-3-17-10-4-5-14(17)16-21(19,20)13-8-6-12(7-9-13)15-11(2)18/h6-9H,3-5,10H2,1-2H3,(H,15,18). The number of sulfonamides is 1. The molecule has 0 atom stereocenters. The van der Waals surface area contributed by atoms with E-state index in [1.165, 1.54) is 19.1 Å². The zero-order valence-corrected chi connectivity index (χ0v) is 13.0. The summed E-state index contributed by atoms with van der Waals surface area (Å²) in [4.78, 5) is 13.0. The van der Waals surface area contributed by atoms with Crippen molar-refractivity contribution in [3.05, 3.63) is 24.3 Å². The van der Waals surface area contributed by atoms with Gasteiger partial charge in [-0.15, -0.1) is 4.40 Å². The molecule has 1 aromatic carbocycles. The maximum absolute atomic E-state index is 12.3. The van der Waals surface area contributed by atoms with E-state index in [9.17, 15) is 13.2 Å². The Labute approximate surface area is 124 Å². The molecular formula is C14H19N3O3S. The molecule has 0 spiro atoms. The maximum atomic E-state index is 12.3. The van der Waals surface area contributed by atoms with Crippen LogP contribution in [0.4, 0.5) is 5.69 Å². The Bertz CT molecular complexity index is 651. The van der Waals surface area contributed by atoms with Crippen molar-refractivity contribution in [1.29, 1.82) is 0 Å². The predicted octanol–water partition coefficient (Wildman–Crippen LogP) is 1.85. The molecule has 1 aliphatic heterocycles. The first-order valence-corrected chi connectivity index (χ1v) is 8.33. The van der Waals surface area contributed by atoms with E-state index in [-0.39, 0.29) is 10.8 Å². The summed E-state index contributed by atoms with van der Waals surface area (Å²) in [5, 5.41) is 2.59. The second-order valence-corrected chi connectivity index (χ2v) is 6.48. The van der Waals surface area contributed by atoms with Crippen molar-refractivity contribution in [2.24, 2.45) is 4.40 Å². The molecule has 114 valence electrons. The number of nitrogens with one attached hydrogen (secondary N) is 1. The highest BCUT2D eigenvalue weighted by Gasteiger charge is 2.21. The summed E-state index contributed by atoms with van der Waals surface area (Å²) in [5.41, 5.74) is 0.560. The van der Waals surface area contributed by atoms with Gasteiger partial charge in [-0.2, -0.15) is 8.42 Å². The summed E-state index contributed by atoms with van der Waals surface area (Å²) < 4.78 is 28.5. The number of hydrogen-bond acceptors (Lipinski definition) is 3. The molecule has 0 radical (unpaired) electrons. The van der Waals surface area contributed by atoms with Gasteiger partial charge in [-0.3, -0.25) is 4.79 Å². The Morgan fingerprint density at radius 2 is 2.00 bits per heavy atom. The van der Waals surface area contributed by atoms with Gasteiger partial charge in [-0.1, -0.05) is 0 Å². The van der Waals surface area contributed by atoms with Gasteiger partial charge in [0, 0.05) is 32.1 Å². The van der Waals surface area contributed by atoms with Crippen LogP contribution in [0.5, 0.6) is 0 Å². The average molecular weight is 309 g/mol. The van der Waals surface area contributed by atoms with Crippen molar-refractivity contribution in [3.63, 3.8) is 0 Å². The maximum Gasteiger partial charge on any atom is 0.283 e. The zero-order chi connectivity index (χ0) is 15.5. The molecule has 2 rings (SSSR count). The minimum absolute atomic E-state index is 0.132. The Balaban J connectivity index is 2.23. The van der Waals surface area contributed by atoms with E-state index in [1.807, 2.05) is 11.8 Å². The van der Waals surface area contributed by atoms with Crippen molar-refractivity contribution >= 4 is 27.5 Å². The van der Waals surface area contributed by atoms with Gasteiger partial charge in [0.1, 0.15) is 5.84 Å². The smallest absolute Gasteiger partial charge is 0.283 e. The minimum atomic E-state index is -3.70. The summed E-state index contributed by atoms with van der Waals surface area (Å²) >= 11 is 0. The molecule has 0 aliphatic carbocycles. The van der Waals surface area contributed by atoms with Gasteiger partial charge in [0.05, 0.1) is 4.90 Å². The van der Waals surface area contributed by atoms with Crippen LogP contribution < -0.4 is 5.32 Å². The lowest BCUT2D eigenvalue weighted by Crippen LogP contribution is -2.25. The van der Waals surface area contributed by atoms with Crippen LogP contribution in [0.2, 0.25) is 0 Å². The van der Waals surface area contributed by atoms with Gasteiger partial charge < -0.3 is 10.2 Å². The highest BCUT2D eigenvalue weighted by molar-refractivity contribution is 7.90. The van der Waals surface area contributed by atoms with E-state index in [4.69, 9.17) is 0 Å². The molecule has 1 heterocycles. The number of carbonyl (C=O) groups is 1. The number of nitrogens with zero attached hydrogens (tertiary/aromatic N) is 2. The second-order valence-electron chi connectivity index (χ2n) is 4.87. The summed E-state index contributed by atoms with van der Waals surface area (Å²) in [7, 11) is -3.70. The summed E-state index contributed by atoms with van der Waals surface area (Å²) in [6.45, 7) is 4.99. The van der Waals surface area contributed by atoms with Gasteiger partial charge >= 0.3 is 0 Å². The number of likely N-dealkylation sites (tertiary alicyclic amines) is 1. The molecule has 1 aliphatic rings. The Morgan fingerprint density at radius 3 is 2.57 bits per heavy atom. The predicted molar refractivity (Wildman–Crippen MR) is 81.8 cm³/mol. The van der Waals surface area contributed by atoms with Crippen LogP contribution in [0, 0.1) is 0 Å². The van der Waals surface area contributed by atoms with Crippen molar-refractivity contribution < 1.29 is 13.2 Å². The number of carbonyl (C=O) groups excluding carboxylic acids is 1. The van der Waals surface area contributed by atoms with E-state index < -0.39 is 10.0 Å². The van der Waals surface area contributed by atoms with Crippen LogP contribution in [0.3, 0.4) is 0 Å². The molecule has 21 heavy (non-hydrogen) atoms. The lowest BCUT2D eigenvalue weighted by Gasteiger charge is -2.15. The van der Waals surface area contributed by atoms with E-state index in [2.05, 4.69) is 9.71 Å². The fourth-order valence-corrected chi connectivity index (χ4v) is 3.33. The SMILES string of the molecule is CCN1CCCC1=NS(=O)(=O)c1ccc(NC(C)=O)cc1. The van der Waals surface area contributed by atoms with E-state index in [0.29, 0.717) is 17.9 Å². The van der Waals surface area contributed by atoms with E-state index in [1.54, 1.807) is 12.1 Å². The molecule has 1 aromatic rings. The molecule has 0 unspecified atom stereocenters. The van der Waals surface area contributed by atoms with Crippen LogP contribution >= 0.6 is 0 Å². The highest BCUT2D eigenvalue weighted by Crippen LogP contribution is 2.19. The molecule has 1 N–H and O–H groups in total. The first kappa shape index (κ1) is 15.5. The molecule has 0 saturated carbocycles. The van der Waals surface area contributed by atoms with Crippen LogP contribution in [0.15, 0.2) is 33.6 Å². The topological polar surface area (TPSA) is 78.8 Å². The number of anilines is 1. The van der Waals surface area contributed by atoms with Crippen LogP contribution in [0.1, 0.15) is 26.7 Å². The third-order valence-electron chi connectivity index (χ3n) is 3.27. The van der Waals surface area contributed by atoms with E-state index >= 15 is 0 Å². The highest BCUT2D eigenvalue weighted by atomic mass is 32.2. The van der Waals surface area contributed by atoms with Crippen LogP contribution in [0.25, 0.3) is 0 Å². The number of benzene rings is 1. The first-order chi connectivity index (χ1) is 9.92. The lowest BCUT2D eigenvalue weighted by molar-refractivity contribution is -0.114. The van der Waals surface area contributed by atoms with Gasteiger partial charge in [-0.25, -0.2) is 0 Å². The third-order valence-corrected chi connectivity index (χ3v) is 4.59. The normalized spacial score (nSPS) is 17.2. The van der Waals surface area contributed by atoms with Crippen molar-refractivity contribution in [2.45, 2.75) is 31.6 Å². The molecule has 0 aromatic heterocycles. The van der Waals surface area contributed by atoms with Gasteiger partial charge in [0.15, 0.2) is 0 Å². The third kappa shape index (κ3) is 3.81.